The minimum atomic E-state index is -0.149. The van der Waals surface area contributed by atoms with Crippen LogP contribution in [0.4, 0.5) is 5.82 Å². The summed E-state index contributed by atoms with van der Waals surface area (Å²) in [6, 6.07) is 7.95. The van der Waals surface area contributed by atoms with Crippen LogP contribution in [-0.4, -0.2) is 36.7 Å². The van der Waals surface area contributed by atoms with Crippen LogP contribution < -0.4 is 10.1 Å². The van der Waals surface area contributed by atoms with Gasteiger partial charge in [-0.3, -0.25) is 0 Å². The normalized spacial score (nSPS) is 17.6. The van der Waals surface area contributed by atoms with Crippen molar-refractivity contribution in [2.24, 2.45) is 0 Å². The van der Waals surface area contributed by atoms with Gasteiger partial charge in [-0.15, -0.1) is 11.6 Å². The lowest BCUT2D eigenvalue weighted by molar-refractivity contribution is 0.0667. The summed E-state index contributed by atoms with van der Waals surface area (Å²) in [5.74, 6) is 2.25. The largest absolute Gasteiger partial charge is 0.496 e. The van der Waals surface area contributed by atoms with Gasteiger partial charge >= 0.3 is 0 Å². The molecule has 5 heteroatoms. The molecule has 4 nitrogen and oxygen atoms in total. The van der Waals surface area contributed by atoms with E-state index in [-0.39, 0.29) is 5.54 Å². The number of benzene rings is 1. The second-order valence-electron chi connectivity index (χ2n) is 5.37. The van der Waals surface area contributed by atoms with Crippen molar-refractivity contribution in [1.29, 1.82) is 0 Å². The predicted octanol–water partition coefficient (Wildman–Crippen LogP) is 3.44. The third kappa shape index (κ3) is 2.78. The molecule has 2 aromatic rings. The molecule has 1 aliphatic rings. The van der Waals surface area contributed by atoms with Gasteiger partial charge in [0.05, 0.1) is 12.6 Å². The Hall–Kier alpha value is -1.52. The fraction of sp³-hybridized carbons (Fsp3) is 0.438. The molecule has 1 fully saturated rings. The molecule has 0 bridgehead atoms. The Bertz CT molecular complexity index is 627. The van der Waals surface area contributed by atoms with Crippen LogP contribution >= 0.6 is 11.6 Å². The number of fused-ring (bicyclic) bond motifs is 1. The van der Waals surface area contributed by atoms with Gasteiger partial charge in [0.15, 0.2) is 0 Å². The molecule has 1 saturated heterocycles. The lowest BCUT2D eigenvalue weighted by atomic mass is 9.92. The van der Waals surface area contributed by atoms with Crippen LogP contribution in [0.3, 0.4) is 0 Å². The van der Waals surface area contributed by atoms with E-state index in [4.69, 9.17) is 21.1 Å². The molecule has 1 aliphatic heterocycles. The van der Waals surface area contributed by atoms with E-state index < -0.39 is 0 Å². The molecule has 0 aliphatic carbocycles. The molecular weight excluding hydrogens is 288 g/mol. The maximum absolute atomic E-state index is 6.23. The highest BCUT2D eigenvalue weighted by molar-refractivity contribution is 6.19. The zero-order valence-electron chi connectivity index (χ0n) is 12.1. The van der Waals surface area contributed by atoms with Gasteiger partial charge in [0.25, 0.3) is 0 Å². The molecule has 0 unspecified atom stereocenters. The minimum Gasteiger partial charge on any atom is -0.496 e. The van der Waals surface area contributed by atoms with Crippen molar-refractivity contribution in [3.05, 3.63) is 30.5 Å². The Kier molecular flexibility index (Phi) is 4.17. The van der Waals surface area contributed by atoms with Gasteiger partial charge in [0.2, 0.25) is 0 Å². The van der Waals surface area contributed by atoms with Crippen LogP contribution in [0.2, 0.25) is 0 Å². The molecule has 21 heavy (non-hydrogen) atoms. The third-order valence-electron chi connectivity index (χ3n) is 4.08. The van der Waals surface area contributed by atoms with Crippen molar-refractivity contribution in [2.45, 2.75) is 18.4 Å². The molecule has 1 aromatic heterocycles. The van der Waals surface area contributed by atoms with E-state index in [1.807, 2.05) is 18.2 Å². The fourth-order valence-corrected chi connectivity index (χ4v) is 3.10. The van der Waals surface area contributed by atoms with E-state index in [1.54, 1.807) is 13.3 Å². The number of hydrogen-bond donors (Lipinski definition) is 1. The van der Waals surface area contributed by atoms with E-state index in [0.717, 1.165) is 48.4 Å². The molecule has 1 N–H and O–H groups in total. The summed E-state index contributed by atoms with van der Waals surface area (Å²) in [6.07, 6.45) is 3.57. The Morgan fingerprint density at radius 2 is 2.10 bits per heavy atom. The first-order valence-corrected chi connectivity index (χ1v) is 7.65. The molecular formula is C16H19ClN2O2. The number of nitrogens with one attached hydrogen (secondary N) is 1. The molecule has 1 aromatic carbocycles. The van der Waals surface area contributed by atoms with Crippen molar-refractivity contribution in [3.63, 3.8) is 0 Å². The highest BCUT2D eigenvalue weighted by atomic mass is 35.5. The Labute approximate surface area is 129 Å². The standard InChI is InChI=1S/C16H19ClN2O2/c1-20-14-4-2-3-13-12(14)5-8-18-15(13)19-16(11-17)6-9-21-10-7-16/h2-5,8H,6-7,9-11H2,1H3,(H,18,19). The van der Waals surface area contributed by atoms with Gasteiger partial charge in [-0.1, -0.05) is 12.1 Å². The Morgan fingerprint density at radius 1 is 1.29 bits per heavy atom. The van der Waals surface area contributed by atoms with Crippen LogP contribution in [0.5, 0.6) is 5.75 Å². The summed E-state index contributed by atoms with van der Waals surface area (Å²) in [7, 11) is 1.68. The highest BCUT2D eigenvalue weighted by Crippen LogP contribution is 2.33. The highest BCUT2D eigenvalue weighted by Gasteiger charge is 2.32. The van der Waals surface area contributed by atoms with Gasteiger partial charge in [-0.25, -0.2) is 4.98 Å². The van der Waals surface area contributed by atoms with Crippen molar-refractivity contribution < 1.29 is 9.47 Å². The number of rotatable bonds is 4. The topological polar surface area (TPSA) is 43.4 Å². The first kappa shape index (κ1) is 14.4. The number of hydrogen-bond acceptors (Lipinski definition) is 4. The SMILES string of the molecule is COc1cccc2c(NC3(CCl)CCOCC3)nccc12. The maximum Gasteiger partial charge on any atom is 0.134 e. The first-order chi connectivity index (χ1) is 10.3. The zero-order valence-corrected chi connectivity index (χ0v) is 12.8. The van der Waals surface area contributed by atoms with Crippen molar-refractivity contribution >= 4 is 28.2 Å². The zero-order chi connectivity index (χ0) is 14.7. The second kappa shape index (κ2) is 6.08. The number of methoxy groups -OCH3 is 1. The summed E-state index contributed by atoms with van der Waals surface area (Å²) in [5, 5.41) is 5.66. The number of aromatic nitrogens is 1. The molecule has 0 spiro atoms. The van der Waals surface area contributed by atoms with E-state index in [2.05, 4.69) is 16.4 Å². The van der Waals surface area contributed by atoms with Gasteiger partial charge in [0, 0.05) is 36.1 Å². The van der Waals surface area contributed by atoms with Crippen molar-refractivity contribution in [2.75, 3.05) is 31.5 Å². The summed E-state index contributed by atoms with van der Waals surface area (Å²) < 4.78 is 10.9. The molecule has 112 valence electrons. The number of alkyl halides is 1. The van der Waals surface area contributed by atoms with Crippen LogP contribution in [0.1, 0.15) is 12.8 Å². The van der Waals surface area contributed by atoms with Crippen molar-refractivity contribution in [3.8, 4) is 5.75 Å². The van der Waals surface area contributed by atoms with E-state index in [9.17, 15) is 0 Å². The number of ether oxygens (including phenoxy) is 2. The predicted molar refractivity (Wildman–Crippen MR) is 85.4 cm³/mol. The lowest BCUT2D eigenvalue weighted by Crippen LogP contribution is -2.45. The minimum absolute atomic E-state index is 0.149. The number of nitrogens with zero attached hydrogens (tertiary/aromatic N) is 1. The van der Waals surface area contributed by atoms with E-state index >= 15 is 0 Å². The van der Waals surface area contributed by atoms with Gasteiger partial charge in [-0.2, -0.15) is 0 Å². The monoisotopic (exact) mass is 306 g/mol. The quantitative estimate of drug-likeness (QED) is 0.879. The van der Waals surface area contributed by atoms with E-state index in [0.29, 0.717) is 5.88 Å². The molecule has 0 amide bonds. The molecule has 3 rings (SSSR count). The number of pyridine rings is 1. The third-order valence-corrected chi connectivity index (χ3v) is 4.59. The summed E-state index contributed by atoms with van der Waals surface area (Å²) in [4.78, 5) is 4.50. The molecule has 0 atom stereocenters. The first-order valence-electron chi connectivity index (χ1n) is 7.12. The number of anilines is 1. The molecule has 0 saturated carbocycles. The molecule has 0 radical (unpaired) electrons. The van der Waals surface area contributed by atoms with Crippen LogP contribution in [0.15, 0.2) is 30.5 Å². The Balaban J connectivity index is 2.00. The van der Waals surface area contributed by atoms with Gasteiger partial charge in [-0.05, 0) is 25.0 Å². The fourth-order valence-electron chi connectivity index (χ4n) is 2.76. The summed E-state index contributed by atoms with van der Waals surface area (Å²) >= 11 is 6.23. The van der Waals surface area contributed by atoms with Crippen LogP contribution in [-0.2, 0) is 4.74 Å². The smallest absolute Gasteiger partial charge is 0.134 e. The summed E-state index contributed by atoms with van der Waals surface area (Å²) in [5.41, 5.74) is -0.149. The van der Waals surface area contributed by atoms with Gasteiger partial charge < -0.3 is 14.8 Å². The van der Waals surface area contributed by atoms with E-state index in [1.165, 1.54) is 0 Å². The van der Waals surface area contributed by atoms with Crippen LogP contribution in [0, 0.1) is 0 Å². The maximum atomic E-state index is 6.23. The number of halogens is 1. The average molecular weight is 307 g/mol. The summed E-state index contributed by atoms with van der Waals surface area (Å²) in [6.45, 7) is 1.46. The Morgan fingerprint density at radius 3 is 2.81 bits per heavy atom. The van der Waals surface area contributed by atoms with Crippen LogP contribution in [0.25, 0.3) is 10.8 Å². The molecule has 2 heterocycles. The van der Waals surface area contributed by atoms with Crippen molar-refractivity contribution in [1.82, 2.24) is 4.98 Å². The average Bonchev–Trinajstić information content (AvgIpc) is 2.55. The second-order valence-corrected chi connectivity index (χ2v) is 5.63. The lowest BCUT2D eigenvalue weighted by Gasteiger charge is -2.37. The van der Waals surface area contributed by atoms with Gasteiger partial charge in [0.1, 0.15) is 11.6 Å².